The molecule has 0 unspecified atom stereocenters. The standard InChI is InChI=1S/C21H27N3O/c1-7-17(8-2)24-12-22-19-18(24)11-16(6)23-21(19)25-20-14(4)9-13(3)10-15(20)5/h9-12,17H,7-8H2,1-6H3. The summed E-state index contributed by atoms with van der Waals surface area (Å²) in [5.74, 6) is 1.47. The van der Waals surface area contributed by atoms with Gasteiger partial charge < -0.3 is 9.30 Å². The zero-order valence-electron chi connectivity index (χ0n) is 16.1. The van der Waals surface area contributed by atoms with Crippen molar-refractivity contribution in [1.29, 1.82) is 0 Å². The van der Waals surface area contributed by atoms with Gasteiger partial charge in [0, 0.05) is 11.7 Å². The summed E-state index contributed by atoms with van der Waals surface area (Å²) in [5.41, 5.74) is 6.34. The number of hydrogen-bond acceptors (Lipinski definition) is 3. The van der Waals surface area contributed by atoms with E-state index >= 15 is 0 Å². The number of hydrogen-bond donors (Lipinski definition) is 0. The van der Waals surface area contributed by atoms with Gasteiger partial charge in [0.15, 0.2) is 5.52 Å². The summed E-state index contributed by atoms with van der Waals surface area (Å²) in [7, 11) is 0. The van der Waals surface area contributed by atoms with Crippen LogP contribution in [-0.2, 0) is 0 Å². The molecule has 3 rings (SSSR count). The molecule has 0 radical (unpaired) electrons. The predicted octanol–water partition coefficient (Wildman–Crippen LogP) is 5.82. The van der Waals surface area contributed by atoms with Crippen LogP contribution in [0.1, 0.15) is 55.1 Å². The monoisotopic (exact) mass is 337 g/mol. The normalized spacial score (nSPS) is 11.5. The molecule has 0 spiro atoms. The first-order valence-corrected chi connectivity index (χ1v) is 9.04. The molecule has 0 atom stereocenters. The number of fused-ring (bicyclic) bond motifs is 1. The molecule has 1 aromatic carbocycles. The van der Waals surface area contributed by atoms with Crippen molar-refractivity contribution >= 4 is 11.0 Å². The van der Waals surface area contributed by atoms with Crippen LogP contribution >= 0.6 is 0 Å². The number of aryl methyl sites for hydroxylation is 4. The van der Waals surface area contributed by atoms with E-state index in [0.717, 1.165) is 46.4 Å². The summed E-state index contributed by atoms with van der Waals surface area (Å²) in [6.45, 7) is 12.7. The van der Waals surface area contributed by atoms with Crippen LogP contribution in [0, 0.1) is 27.7 Å². The Morgan fingerprint density at radius 1 is 1.00 bits per heavy atom. The Morgan fingerprint density at radius 3 is 2.24 bits per heavy atom. The van der Waals surface area contributed by atoms with E-state index < -0.39 is 0 Å². The number of imidazole rings is 1. The lowest BCUT2D eigenvalue weighted by atomic mass is 10.1. The van der Waals surface area contributed by atoms with Crippen LogP contribution in [0.5, 0.6) is 11.6 Å². The van der Waals surface area contributed by atoms with Crippen LogP contribution in [0.25, 0.3) is 11.0 Å². The van der Waals surface area contributed by atoms with Crippen molar-refractivity contribution in [3.8, 4) is 11.6 Å². The van der Waals surface area contributed by atoms with Gasteiger partial charge in [-0.3, -0.25) is 0 Å². The van der Waals surface area contributed by atoms with E-state index in [-0.39, 0.29) is 0 Å². The minimum Gasteiger partial charge on any atom is -0.436 e. The lowest BCUT2D eigenvalue weighted by molar-refractivity contribution is 0.459. The first kappa shape index (κ1) is 17.5. The summed E-state index contributed by atoms with van der Waals surface area (Å²) >= 11 is 0. The van der Waals surface area contributed by atoms with Crippen molar-refractivity contribution in [2.24, 2.45) is 0 Å². The van der Waals surface area contributed by atoms with E-state index in [9.17, 15) is 0 Å². The Morgan fingerprint density at radius 2 is 1.64 bits per heavy atom. The van der Waals surface area contributed by atoms with Gasteiger partial charge in [-0.1, -0.05) is 31.5 Å². The molecule has 0 aliphatic rings. The van der Waals surface area contributed by atoms with Crippen molar-refractivity contribution in [3.63, 3.8) is 0 Å². The molecule has 0 amide bonds. The van der Waals surface area contributed by atoms with Gasteiger partial charge in [-0.2, -0.15) is 0 Å². The summed E-state index contributed by atoms with van der Waals surface area (Å²) in [5, 5.41) is 0. The highest BCUT2D eigenvalue weighted by Crippen LogP contribution is 2.34. The number of pyridine rings is 1. The minimum absolute atomic E-state index is 0.447. The van der Waals surface area contributed by atoms with E-state index in [1.807, 2.05) is 13.3 Å². The molecule has 2 heterocycles. The van der Waals surface area contributed by atoms with E-state index in [0.29, 0.717) is 11.9 Å². The molecule has 0 saturated carbocycles. The molecule has 132 valence electrons. The number of ether oxygens (including phenoxy) is 1. The maximum atomic E-state index is 6.26. The maximum Gasteiger partial charge on any atom is 0.247 e. The Balaban J connectivity index is 2.12. The molecule has 0 bridgehead atoms. The Kier molecular flexibility index (Phi) is 4.80. The van der Waals surface area contributed by atoms with Crippen molar-refractivity contribution in [1.82, 2.24) is 14.5 Å². The summed E-state index contributed by atoms with van der Waals surface area (Å²) in [4.78, 5) is 9.25. The fourth-order valence-electron chi connectivity index (χ4n) is 3.59. The number of rotatable bonds is 5. The Hall–Kier alpha value is -2.36. The van der Waals surface area contributed by atoms with Crippen molar-refractivity contribution in [3.05, 3.63) is 46.9 Å². The fourth-order valence-corrected chi connectivity index (χ4v) is 3.59. The molecule has 0 saturated heterocycles. The molecular formula is C21H27N3O. The third kappa shape index (κ3) is 3.26. The van der Waals surface area contributed by atoms with E-state index in [1.54, 1.807) is 0 Å². The first-order valence-electron chi connectivity index (χ1n) is 9.04. The SMILES string of the molecule is CCC(CC)n1cnc2c(Oc3c(C)cc(C)cc3C)nc(C)cc21. The van der Waals surface area contributed by atoms with E-state index in [4.69, 9.17) is 4.74 Å². The van der Waals surface area contributed by atoms with E-state index in [1.165, 1.54) is 5.56 Å². The molecule has 4 nitrogen and oxygen atoms in total. The van der Waals surface area contributed by atoms with Gasteiger partial charge >= 0.3 is 0 Å². The van der Waals surface area contributed by atoms with Gasteiger partial charge in [0.2, 0.25) is 5.88 Å². The smallest absolute Gasteiger partial charge is 0.247 e. The van der Waals surface area contributed by atoms with Crippen LogP contribution in [-0.4, -0.2) is 14.5 Å². The topological polar surface area (TPSA) is 39.9 Å². The third-order valence-electron chi connectivity index (χ3n) is 4.80. The second-order valence-corrected chi connectivity index (χ2v) is 6.89. The second-order valence-electron chi connectivity index (χ2n) is 6.89. The van der Waals surface area contributed by atoms with Crippen LogP contribution in [0.3, 0.4) is 0 Å². The van der Waals surface area contributed by atoms with Gasteiger partial charge in [-0.15, -0.1) is 0 Å². The highest BCUT2D eigenvalue weighted by atomic mass is 16.5. The molecule has 0 aliphatic heterocycles. The van der Waals surface area contributed by atoms with E-state index in [2.05, 4.69) is 67.4 Å². The lowest BCUT2D eigenvalue weighted by Crippen LogP contribution is -2.05. The van der Waals surface area contributed by atoms with Crippen molar-refractivity contribution in [2.45, 2.75) is 60.4 Å². The van der Waals surface area contributed by atoms with Gasteiger partial charge in [-0.05, 0) is 57.7 Å². The van der Waals surface area contributed by atoms with Gasteiger partial charge in [0.25, 0.3) is 0 Å². The molecule has 0 aliphatic carbocycles. The second kappa shape index (κ2) is 6.87. The number of benzene rings is 1. The maximum absolute atomic E-state index is 6.26. The van der Waals surface area contributed by atoms with Crippen LogP contribution in [0.2, 0.25) is 0 Å². The molecule has 0 N–H and O–H groups in total. The molecule has 25 heavy (non-hydrogen) atoms. The first-order chi connectivity index (χ1) is 11.9. The number of nitrogens with zero attached hydrogens (tertiary/aromatic N) is 3. The quantitative estimate of drug-likeness (QED) is 0.589. The molecular weight excluding hydrogens is 310 g/mol. The van der Waals surface area contributed by atoms with Crippen molar-refractivity contribution in [2.75, 3.05) is 0 Å². The highest BCUT2D eigenvalue weighted by molar-refractivity contribution is 5.81. The zero-order chi connectivity index (χ0) is 18.1. The summed E-state index contributed by atoms with van der Waals surface area (Å²) in [6, 6.07) is 6.82. The van der Waals surface area contributed by atoms with Crippen LogP contribution in [0.15, 0.2) is 24.5 Å². The molecule has 2 aromatic heterocycles. The summed E-state index contributed by atoms with van der Waals surface area (Å²) in [6.07, 6.45) is 4.08. The van der Waals surface area contributed by atoms with Crippen LogP contribution in [0.4, 0.5) is 0 Å². The largest absolute Gasteiger partial charge is 0.436 e. The Bertz CT molecular complexity index is 884. The average Bonchev–Trinajstić information content (AvgIpc) is 2.96. The molecule has 3 aromatic rings. The van der Waals surface area contributed by atoms with Gasteiger partial charge in [0.1, 0.15) is 5.75 Å². The lowest BCUT2D eigenvalue weighted by Gasteiger charge is -2.16. The third-order valence-corrected chi connectivity index (χ3v) is 4.80. The fraction of sp³-hybridized carbons (Fsp3) is 0.429. The van der Waals surface area contributed by atoms with Gasteiger partial charge in [0.05, 0.1) is 11.8 Å². The minimum atomic E-state index is 0.447. The van der Waals surface area contributed by atoms with Crippen molar-refractivity contribution < 1.29 is 4.74 Å². The van der Waals surface area contributed by atoms with Crippen LogP contribution < -0.4 is 4.74 Å². The Labute approximate surface area is 149 Å². The number of aromatic nitrogens is 3. The highest BCUT2D eigenvalue weighted by Gasteiger charge is 2.17. The average molecular weight is 337 g/mol. The predicted molar refractivity (Wildman–Crippen MR) is 103 cm³/mol. The summed E-state index contributed by atoms with van der Waals surface area (Å²) < 4.78 is 8.52. The zero-order valence-corrected chi connectivity index (χ0v) is 16.1. The molecule has 0 fully saturated rings. The van der Waals surface area contributed by atoms with Gasteiger partial charge in [-0.25, -0.2) is 9.97 Å². The molecule has 4 heteroatoms.